The summed E-state index contributed by atoms with van der Waals surface area (Å²) in [5.41, 5.74) is 2.86. The molecule has 2 saturated heterocycles. The van der Waals surface area contributed by atoms with Gasteiger partial charge in [-0.15, -0.1) is 0 Å². The molecule has 8 nitrogen and oxygen atoms in total. The number of nitrogens with one attached hydrogen (secondary N) is 6. The van der Waals surface area contributed by atoms with Crippen LogP contribution >= 0.6 is 0 Å². The van der Waals surface area contributed by atoms with Gasteiger partial charge >= 0.3 is 0 Å². The summed E-state index contributed by atoms with van der Waals surface area (Å²) in [6.07, 6.45) is 4.80. The van der Waals surface area contributed by atoms with E-state index in [4.69, 9.17) is 0 Å². The van der Waals surface area contributed by atoms with Gasteiger partial charge in [0.15, 0.2) is 0 Å². The number of hydrogen-bond acceptors (Lipinski definition) is 8. The zero-order valence-electron chi connectivity index (χ0n) is 23.1. The van der Waals surface area contributed by atoms with Crippen LogP contribution in [-0.4, -0.2) is 115 Å². The molecule has 0 saturated carbocycles. The first-order chi connectivity index (χ1) is 17.9. The van der Waals surface area contributed by atoms with Gasteiger partial charge in [0.25, 0.3) is 0 Å². The molecule has 2 aliphatic heterocycles. The summed E-state index contributed by atoms with van der Waals surface area (Å²) in [6.45, 7) is 19.6. The van der Waals surface area contributed by atoms with Crippen molar-refractivity contribution in [3.63, 3.8) is 0 Å². The summed E-state index contributed by atoms with van der Waals surface area (Å²) in [7, 11) is 0. The van der Waals surface area contributed by atoms with Crippen molar-refractivity contribution in [3.05, 3.63) is 35.4 Å². The number of hydrogen-bond donors (Lipinski definition) is 6. The summed E-state index contributed by atoms with van der Waals surface area (Å²) in [4.78, 5) is 5.23. The van der Waals surface area contributed by atoms with Crippen LogP contribution in [0.2, 0.25) is 0 Å². The second-order valence-corrected chi connectivity index (χ2v) is 10.3. The molecule has 2 heterocycles. The Hall–Kier alpha value is -0.581. The summed E-state index contributed by atoms with van der Waals surface area (Å²) >= 11 is 0. The van der Waals surface area contributed by atoms with Gasteiger partial charge in [-0.05, 0) is 89.2 Å². The van der Waals surface area contributed by atoms with Crippen molar-refractivity contribution in [1.82, 2.24) is 41.7 Å². The first-order valence-corrected chi connectivity index (χ1v) is 14.7. The van der Waals surface area contributed by atoms with Crippen molar-refractivity contribution in [2.24, 2.45) is 0 Å². The Bertz CT molecular complexity index is 565. The Kier molecular flexibility index (Phi) is 19.6. The third kappa shape index (κ3) is 16.2. The Morgan fingerprint density at radius 2 is 0.730 bits per heavy atom. The molecule has 0 aliphatic carbocycles. The SMILES string of the molecule is [64Cu].c1cc(CN2CCCNCCNCCCNCC2)ccc1CN1CCCNCCNCCCNCC1. The van der Waals surface area contributed by atoms with Crippen molar-refractivity contribution in [2.75, 3.05) is 105 Å². The van der Waals surface area contributed by atoms with Gasteiger partial charge in [-0.25, -0.2) is 0 Å². The molecule has 0 unspecified atom stereocenters. The molecule has 0 bridgehead atoms. The summed E-state index contributed by atoms with van der Waals surface area (Å²) in [6, 6.07) is 9.42. The minimum absolute atomic E-state index is 0. The fourth-order valence-electron chi connectivity index (χ4n) is 4.92. The topological polar surface area (TPSA) is 78.7 Å². The Morgan fingerprint density at radius 1 is 0.405 bits per heavy atom. The molecule has 0 amide bonds. The van der Waals surface area contributed by atoms with Crippen LogP contribution in [0.3, 0.4) is 0 Å². The molecule has 9 heteroatoms. The predicted molar refractivity (Wildman–Crippen MR) is 153 cm³/mol. The van der Waals surface area contributed by atoms with E-state index in [2.05, 4.69) is 66.0 Å². The van der Waals surface area contributed by atoms with Crippen molar-refractivity contribution >= 4 is 0 Å². The molecule has 2 aliphatic rings. The van der Waals surface area contributed by atoms with E-state index in [1.54, 1.807) is 0 Å². The molecule has 1 aromatic rings. The molecule has 217 valence electrons. The van der Waals surface area contributed by atoms with Gasteiger partial charge in [-0.1, -0.05) is 24.3 Å². The monoisotopic (exact) mass is 566 g/mol. The summed E-state index contributed by atoms with van der Waals surface area (Å²) in [5.74, 6) is 0. The van der Waals surface area contributed by atoms with E-state index < -0.39 is 0 Å². The van der Waals surface area contributed by atoms with Gasteiger partial charge < -0.3 is 31.9 Å². The van der Waals surface area contributed by atoms with Gasteiger partial charge in [-0.2, -0.15) is 0 Å². The van der Waals surface area contributed by atoms with Crippen LogP contribution in [0.1, 0.15) is 36.8 Å². The third-order valence-corrected chi connectivity index (χ3v) is 7.07. The van der Waals surface area contributed by atoms with Gasteiger partial charge in [0.2, 0.25) is 0 Å². The van der Waals surface area contributed by atoms with Gasteiger partial charge in [0.1, 0.15) is 0 Å². The average Bonchev–Trinajstić information content (AvgIpc) is 2.89. The third-order valence-electron chi connectivity index (χ3n) is 7.07. The van der Waals surface area contributed by atoms with Crippen molar-refractivity contribution in [2.45, 2.75) is 38.8 Å². The molecule has 3 rings (SSSR count). The van der Waals surface area contributed by atoms with Crippen LogP contribution in [0.4, 0.5) is 0 Å². The minimum Gasteiger partial charge on any atom is -0.315 e. The Morgan fingerprint density at radius 3 is 1.11 bits per heavy atom. The molecular formula is C28H54CuN8. The van der Waals surface area contributed by atoms with E-state index in [-0.39, 0.29) is 17.1 Å². The summed E-state index contributed by atoms with van der Waals surface area (Å²) < 4.78 is 0. The maximum absolute atomic E-state index is 3.63. The fraction of sp³-hybridized carbons (Fsp3) is 0.786. The first-order valence-electron chi connectivity index (χ1n) is 14.7. The minimum atomic E-state index is 0. The molecule has 1 radical (unpaired) electrons. The van der Waals surface area contributed by atoms with Crippen LogP contribution in [0.5, 0.6) is 0 Å². The van der Waals surface area contributed by atoms with Crippen LogP contribution in [0, 0.1) is 0 Å². The number of nitrogens with zero attached hydrogens (tertiary/aromatic N) is 2. The molecule has 0 spiro atoms. The molecule has 1 aromatic carbocycles. The van der Waals surface area contributed by atoms with E-state index in [1.165, 1.54) is 36.8 Å². The van der Waals surface area contributed by atoms with Crippen molar-refractivity contribution in [1.29, 1.82) is 0 Å². The van der Waals surface area contributed by atoms with E-state index in [0.29, 0.717) is 0 Å². The Balaban J connectivity index is 0.00000481. The maximum atomic E-state index is 3.63. The summed E-state index contributed by atoms with van der Waals surface area (Å²) in [5, 5.41) is 21.4. The number of rotatable bonds is 4. The smallest absolute Gasteiger partial charge is 0.0234 e. The molecule has 0 aromatic heterocycles. The standard InChI is InChI=1S/C28H54N8.Cu/c1-9-29-15-17-31-13-3-21-35(23-19-33-11-1)25-27-5-7-28(8-6-27)26-36-22-4-14-32-18-16-30-10-2-12-34-20-24-36;/h5-8,29-34H,1-4,9-26H2;/i;1+0. The number of benzene rings is 1. The predicted octanol–water partition coefficient (Wildman–Crippen LogP) is 0.413. The van der Waals surface area contributed by atoms with E-state index >= 15 is 0 Å². The van der Waals surface area contributed by atoms with E-state index in [9.17, 15) is 0 Å². The van der Waals surface area contributed by atoms with Gasteiger partial charge in [0.05, 0.1) is 0 Å². The van der Waals surface area contributed by atoms with Gasteiger partial charge in [-0.3, -0.25) is 9.80 Å². The van der Waals surface area contributed by atoms with Crippen molar-refractivity contribution in [3.8, 4) is 0 Å². The van der Waals surface area contributed by atoms with E-state index in [0.717, 1.165) is 118 Å². The van der Waals surface area contributed by atoms with Crippen molar-refractivity contribution < 1.29 is 17.1 Å². The molecule has 6 N–H and O–H groups in total. The Labute approximate surface area is 237 Å². The maximum Gasteiger partial charge on any atom is 0.0234 e. The quantitative estimate of drug-likeness (QED) is 0.293. The molecule has 2 fully saturated rings. The second-order valence-electron chi connectivity index (χ2n) is 10.3. The molecular weight excluding hydrogens is 512 g/mol. The second kappa shape index (κ2) is 22.3. The molecule has 37 heavy (non-hydrogen) atoms. The van der Waals surface area contributed by atoms with Crippen LogP contribution < -0.4 is 31.9 Å². The van der Waals surface area contributed by atoms with Crippen LogP contribution in [-0.2, 0) is 30.2 Å². The largest absolute Gasteiger partial charge is 0.315 e. The van der Waals surface area contributed by atoms with Gasteiger partial charge in [0, 0.05) is 82.5 Å². The van der Waals surface area contributed by atoms with Crippen LogP contribution in [0.25, 0.3) is 0 Å². The molecule has 0 atom stereocenters. The average molecular weight is 567 g/mol. The zero-order chi connectivity index (χ0) is 24.9. The van der Waals surface area contributed by atoms with E-state index in [1.807, 2.05) is 0 Å². The van der Waals surface area contributed by atoms with Crippen LogP contribution in [0.15, 0.2) is 24.3 Å². The zero-order valence-corrected chi connectivity index (χ0v) is 24.0. The fourth-order valence-corrected chi connectivity index (χ4v) is 4.92. The first kappa shape index (κ1) is 32.6. The normalized spacial score (nSPS) is 22.3.